The Labute approximate surface area is 172 Å². The molecule has 2 aromatic rings. The van der Waals surface area contributed by atoms with Crippen LogP contribution in [-0.4, -0.2) is 23.8 Å². The van der Waals surface area contributed by atoms with Crippen LogP contribution < -0.4 is 16.0 Å². The number of amides is 3. The van der Waals surface area contributed by atoms with Crippen LogP contribution in [0.4, 0.5) is 5.69 Å². The maximum atomic E-state index is 13.0. The quantitative estimate of drug-likeness (QED) is 0.637. The van der Waals surface area contributed by atoms with Crippen LogP contribution in [0.25, 0.3) is 0 Å². The van der Waals surface area contributed by atoms with E-state index in [-0.39, 0.29) is 29.7 Å². The smallest absolute Gasteiger partial charge is 0.251 e. The molecule has 3 N–H and O–H groups in total. The third kappa shape index (κ3) is 6.45. The van der Waals surface area contributed by atoms with Crippen LogP contribution >= 0.6 is 0 Å². The Morgan fingerprint density at radius 3 is 2.24 bits per heavy atom. The van der Waals surface area contributed by atoms with Gasteiger partial charge in [0.05, 0.1) is 6.04 Å². The molecule has 0 aromatic heterocycles. The van der Waals surface area contributed by atoms with Gasteiger partial charge in [0.25, 0.3) is 5.91 Å². The first kappa shape index (κ1) is 22.1. The van der Waals surface area contributed by atoms with E-state index >= 15 is 0 Å². The summed E-state index contributed by atoms with van der Waals surface area (Å²) in [5, 5.41) is 8.59. The Kier molecular flexibility index (Phi) is 7.95. The second kappa shape index (κ2) is 10.4. The molecule has 6 nitrogen and oxygen atoms in total. The summed E-state index contributed by atoms with van der Waals surface area (Å²) in [7, 11) is 0. The zero-order valence-electron chi connectivity index (χ0n) is 17.4. The summed E-state index contributed by atoms with van der Waals surface area (Å²) in [6.45, 7) is 7.25. The highest BCUT2D eigenvalue weighted by atomic mass is 16.2. The van der Waals surface area contributed by atoms with Gasteiger partial charge < -0.3 is 16.0 Å². The SMILES string of the molecule is CCC(C)C(NC(=O)c1ccccc1)C(=O)NC(C)c1cccc(NC(C)=O)c1. The summed E-state index contributed by atoms with van der Waals surface area (Å²) < 4.78 is 0. The van der Waals surface area contributed by atoms with Crippen molar-refractivity contribution in [3.05, 3.63) is 65.7 Å². The van der Waals surface area contributed by atoms with Crippen molar-refractivity contribution in [3.63, 3.8) is 0 Å². The largest absolute Gasteiger partial charge is 0.348 e. The summed E-state index contributed by atoms with van der Waals surface area (Å²) in [6.07, 6.45) is 0.750. The van der Waals surface area contributed by atoms with Gasteiger partial charge in [-0.1, -0.05) is 50.6 Å². The first-order valence-electron chi connectivity index (χ1n) is 9.85. The van der Waals surface area contributed by atoms with Crippen LogP contribution in [0.3, 0.4) is 0 Å². The second-order valence-electron chi connectivity index (χ2n) is 7.24. The van der Waals surface area contributed by atoms with Crippen LogP contribution in [0, 0.1) is 5.92 Å². The molecule has 0 spiro atoms. The lowest BCUT2D eigenvalue weighted by Gasteiger charge is -2.26. The zero-order valence-corrected chi connectivity index (χ0v) is 17.4. The van der Waals surface area contributed by atoms with E-state index in [1.165, 1.54) is 6.92 Å². The lowest BCUT2D eigenvalue weighted by molar-refractivity contribution is -0.124. The molecule has 0 fully saturated rings. The molecule has 3 unspecified atom stereocenters. The van der Waals surface area contributed by atoms with Crippen molar-refractivity contribution in [2.45, 2.75) is 46.2 Å². The van der Waals surface area contributed by atoms with E-state index in [0.717, 1.165) is 12.0 Å². The van der Waals surface area contributed by atoms with E-state index in [9.17, 15) is 14.4 Å². The summed E-state index contributed by atoms with van der Waals surface area (Å²) in [4.78, 5) is 36.8. The van der Waals surface area contributed by atoms with Gasteiger partial charge in [-0.2, -0.15) is 0 Å². The maximum absolute atomic E-state index is 13.0. The maximum Gasteiger partial charge on any atom is 0.251 e. The number of nitrogens with one attached hydrogen (secondary N) is 3. The molecule has 0 aliphatic heterocycles. The minimum absolute atomic E-state index is 0.0272. The van der Waals surface area contributed by atoms with Gasteiger partial charge in [0, 0.05) is 18.2 Å². The molecular formula is C23H29N3O3. The van der Waals surface area contributed by atoms with E-state index in [4.69, 9.17) is 0 Å². The van der Waals surface area contributed by atoms with Crippen molar-refractivity contribution < 1.29 is 14.4 Å². The first-order valence-corrected chi connectivity index (χ1v) is 9.85. The van der Waals surface area contributed by atoms with Gasteiger partial charge in [-0.15, -0.1) is 0 Å². The highest BCUT2D eigenvalue weighted by Crippen LogP contribution is 2.18. The number of benzene rings is 2. The Morgan fingerprint density at radius 2 is 1.62 bits per heavy atom. The topological polar surface area (TPSA) is 87.3 Å². The third-order valence-corrected chi connectivity index (χ3v) is 4.88. The molecule has 0 radical (unpaired) electrons. The van der Waals surface area contributed by atoms with Crippen molar-refractivity contribution in [1.29, 1.82) is 0 Å². The summed E-state index contributed by atoms with van der Waals surface area (Å²) in [5.74, 6) is -0.688. The third-order valence-electron chi connectivity index (χ3n) is 4.88. The fourth-order valence-corrected chi connectivity index (χ4v) is 2.99. The van der Waals surface area contributed by atoms with Gasteiger partial charge in [-0.25, -0.2) is 0 Å². The molecule has 154 valence electrons. The van der Waals surface area contributed by atoms with Gasteiger partial charge >= 0.3 is 0 Å². The van der Waals surface area contributed by atoms with Crippen LogP contribution in [0.1, 0.15) is 56.1 Å². The van der Waals surface area contributed by atoms with E-state index in [1.807, 2.05) is 45.0 Å². The summed E-state index contributed by atoms with van der Waals surface area (Å²) >= 11 is 0. The molecule has 3 atom stereocenters. The normalized spacial score (nSPS) is 13.7. The van der Waals surface area contributed by atoms with Gasteiger partial charge in [0.2, 0.25) is 11.8 Å². The van der Waals surface area contributed by atoms with Crippen molar-refractivity contribution in [1.82, 2.24) is 10.6 Å². The van der Waals surface area contributed by atoms with Crippen LogP contribution in [0.5, 0.6) is 0 Å². The van der Waals surface area contributed by atoms with Crippen molar-refractivity contribution in [3.8, 4) is 0 Å². The van der Waals surface area contributed by atoms with Crippen LogP contribution in [0.15, 0.2) is 54.6 Å². The molecule has 0 aliphatic carbocycles. The predicted molar refractivity (Wildman–Crippen MR) is 114 cm³/mol. The highest BCUT2D eigenvalue weighted by Gasteiger charge is 2.27. The van der Waals surface area contributed by atoms with E-state index in [1.54, 1.807) is 30.3 Å². The molecule has 6 heteroatoms. The molecule has 2 rings (SSSR count). The Balaban J connectivity index is 2.11. The number of hydrogen-bond acceptors (Lipinski definition) is 3. The van der Waals surface area contributed by atoms with Gasteiger partial charge in [-0.05, 0) is 42.7 Å². The van der Waals surface area contributed by atoms with Gasteiger partial charge in [0.15, 0.2) is 0 Å². The second-order valence-corrected chi connectivity index (χ2v) is 7.24. The minimum atomic E-state index is -0.645. The Bertz CT molecular complexity index is 851. The first-order chi connectivity index (χ1) is 13.8. The molecule has 0 bridgehead atoms. The van der Waals surface area contributed by atoms with Crippen molar-refractivity contribution in [2.75, 3.05) is 5.32 Å². The monoisotopic (exact) mass is 395 g/mol. The van der Waals surface area contributed by atoms with E-state index in [2.05, 4.69) is 16.0 Å². The molecule has 0 aliphatic rings. The average molecular weight is 396 g/mol. The van der Waals surface area contributed by atoms with Crippen molar-refractivity contribution >= 4 is 23.4 Å². The molecule has 29 heavy (non-hydrogen) atoms. The molecule has 0 saturated heterocycles. The number of carbonyl (C=O) groups excluding carboxylic acids is 3. The number of carbonyl (C=O) groups is 3. The Morgan fingerprint density at radius 1 is 0.931 bits per heavy atom. The number of hydrogen-bond donors (Lipinski definition) is 3. The van der Waals surface area contributed by atoms with Gasteiger partial charge in [-0.3, -0.25) is 14.4 Å². The standard InChI is InChI=1S/C23H29N3O3/c1-5-15(2)21(26-22(28)18-10-7-6-8-11-18)23(29)24-16(3)19-12-9-13-20(14-19)25-17(4)27/h6-16,21H,5H2,1-4H3,(H,24,29)(H,25,27)(H,26,28). The molecule has 2 aromatic carbocycles. The fourth-order valence-electron chi connectivity index (χ4n) is 2.99. The van der Waals surface area contributed by atoms with E-state index < -0.39 is 6.04 Å². The zero-order chi connectivity index (χ0) is 21.4. The lowest BCUT2D eigenvalue weighted by atomic mass is 9.97. The van der Waals surface area contributed by atoms with Crippen molar-refractivity contribution in [2.24, 2.45) is 5.92 Å². The van der Waals surface area contributed by atoms with Crippen LogP contribution in [-0.2, 0) is 9.59 Å². The minimum Gasteiger partial charge on any atom is -0.348 e. The predicted octanol–water partition coefficient (Wildman–Crippen LogP) is 3.67. The number of anilines is 1. The molecular weight excluding hydrogens is 366 g/mol. The van der Waals surface area contributed by atoms with Gasteiger partial charge in [0.1, 0.15) is 6.04 Å². The highest BCUT2D eigenvalue weighted by molar-refractivity contribution is 5.97. The summed E-state index contributed by atoms with van der Waals surface area (Å²) in [6, 6.07) is 15.3. The average Bonchev–Trinajstić information content (AvgIpc) is 2.71. The lowest BCUT2D eigenvalue weighted by Crippen LogP contribution is -2.50. The summed E-state index contributed by atoms with van der Waals surface area (Å²) in [5.41, 5.74) is 2.05. The number of rotatable bonds is 8. The Hall–Kier alpha value is -3.15. The fraction of sp³-hybridized carbons (Fsp3) is 0.348. The van der Waals surface area contributed by atoms with Crippen LogP contribution in [0.2, 0.25) is 0 Å². The molecule has 0 saturated carbocycles. The van der Waals surface area contributed by atoms with E-state index in [0.29, 0.717) is 11.3 Å². The molecule has 3 amide bonds. The molecule has 0 heterocycles.